The lowest BCUT2D eigenvalue weighted by Crippen LogP contribution is -2.32. The predicted molar refractivity (Wildman–Crippen MR) is 79.5 cm³/mol. The zero-order valence-corrected chi connectivity index (χ0v) is 12.3. The molecule has 1 aliphatic rings. The molecule has 0 spiro atoms. The van der Waals surface area contributed by atoms with E-state index in [4.69, 9.17) is 0 Å². The molecule has 0 saturated carbocycles. The highest BCUT2D eigenvalue weighted by atomic mass is 19.3. The molecule has 2 amide bonds. The Labute approximate surface area is 130 Å². The van der Waals surface area contributed by atoms with Gasteiger partial charge in [0, 0.05) is 20.0 Å². The maximum Gasteiger partial charge on any atom is 0.280 e. The summed E-state index contributed by atoms with van der Waals surface area (Å²) in [4.78, 5) is 25.8. The minimum atomic E-state index is -2.71. The Kier molecular flexibility index (Phi) is 3.81. The van der Waals surface area contributed by atoms with Crippen LogP contribution >= 0.6 is 0 Å². The van der Waals surface area contributed by atoms with E-state index in [2.05, 4.69) is 10.4 Å². The van der Waals surface area contributed by atoms with Crippen molar-refractivity contribution in [3.8, 4) is 0 Å². The fourth-order valence-electron chi connectivity index (χ4n) is 2.50. The summed E-state index contributed by atoms with van der Waals surface area (Å²) in [6.07, 6.45) is -2.59. The highest BCUT2D eigenvalue weighted by molar-refractivity contribution is 6.09. The van der Waals surface area contributed by atoms with E-state index in [0.717, 1.165) is 10.7 Å². The van der Waals surface area contributed by atoms with Gasteiger partial charge in [0.25, 0.3) is 12.3 Å². The van der Waals surface area contributed by atoms with Crippen LogP contribution in [0.15, 0.2) is 30.3 Å². The van der Waals surface area contributed by atoms with Crippen LogP contribution in [-0.2, 0) is 11.8 Å². The number of carbonyl (C=O) groups is 2. The second-order valence-electron chi connectivity index (χ2n) is 5.15. The maximum absolute atomic E-state index is 12.9. The van der Waals surface area contributed by atoms with Gasteiger partial charge in [-0.1, -0.05) is 12.1 Å². The molecule has 0 radical (unpaired) electrons. The maximum atomic E-state index is 12.9. The van der Waals surface area contributed by atoms with Crippen LogP contribution in [0, 0.1) is 0 Å². The van der Waals surface area contributed by atoms with Gasteiger partial charge >= 0.3 is 0 Å². The number of nitrogens with one attached hydrogen (secondary N) is 1. The van der Waals surface area contributed by atoms with Crippen LogP contribution in [0.2, 0.25) is 0 Å². The molecule has 1 N–H and O–H groups in total. The van der Waals surface area contributed by atoms with Crippen molar-refractivity contribution in [1.29, 1.82) is 0 Å². The molecule has 3 rings (SSSR count). The number of aryl methyl sites for hydroxylation is 1. The molecule has 1 aromatic heterocycles. The minimum absolute atomic E-state index is 0.0769. The van der Waals surface area contributed by atoms with Crippen molar-refractivity contribution in [2.24, 2.45) is 7.05 Å². The first-order chi connectivity index (χ1) is 11.0. The molecule has 0 saturated heterocycles. The van der Waals surface area contributed by atoms with E-state index < -0.39 is 12.3 Å². The van der Waals surface area contributed by atoms with Gasteiger partial charge in [-0.25, -0.2) is 8.78 Å². The number of nitrogens with zero attached hydrogens (tertiary/aromatic N) is 3. The molecule has 0 fully saturated rings. The molecular weight excluding hydrogens is 306 g/mol. The van der Waals surface area contributed by atoms with Crippen LogP contribution in [0.25, 0.3) is 0 Å². The average Bonchev–Trinajstić information content (AvgIpc) is 2.82. The molecule has 120 valence electrons. The largest absolute Gasteiger partial charge is 0.324 e. The standard InChI is InChI=1S/C15H14F2N4O2/c1-20-12(14(16)17)8-10(19-20)15(23)21-7-6-13(22)18-9-4-2-3-5-11(9)21/h2-5,8,14H,6-7H2,1H3,(H,18,22). The molecule has 0 bridgehead atoms. The number of anilines is 2. The smallest absolute Gasteiger partial charge is 0.280 e. The number of rotatable bonds is 2. The Hall–Kier alpha value is -2.77. The fraction of sp³-hybridized carbons (Fsp3) is 0.267. The summed E-state index contributed by atoms with van der Waals surface area (Å²) < 4.78 is 26.7. The van der Waals surface area contributed by atoms with Gasteiger partial charge in [-0.2, -0.15) is 5.10 Å². The van der Waals surface area contributed by atoms with E-state index in [-0.39, 0.29) is 30.3 Å². The lowest BCUT2D eigenvalue weighted by molar-refractivity contribution is -0.115. The number of hydrogen-bond donors (Lipinski definition) is 1. The Morgan fingerprint density at radius 2 is 2.09 bits per heavy atom. The molecule has 2 heterocycles. The van der Waals surface area contributed by atoms with Crippen molar-refractivity contribution in [2.45, 2.75) is 12.8 Å². The summed E-state index contributed by atoms with van der Waals surface area (Å²) in [6, 6.07) is 7.93. The van der Waals surface area contributed by atoms with E-state index in [9.17, 15) is 18.4 Å². The van der Waals surface area contributed by atoms with Crippen LogP contribution in [0.4, 0.5) is 20.2 Å². The van der Waals surface area contributed by atoms with Crippen molar-refractivity contribution in [2.75, 3.05) is 16.8 Å². The van der Waals surface area contributed by atoms with Crippen molar-refractivity contribution in [1.82, 2.24) is 9.78 Å². The second kappa shape index (κ2) is 5.79. The van der Waals surface area contributed by atoms with Gasteiger partial charge in [0.15, 0.2) is 5.69 Å². The van der Waals surface area contributed by atoms with Gasteiger partial charge in [-0.05, 0) is 18.2 Å². The number of fused-ring (bicyclic) bond motifs is 1. The number of aromatic nitrogens is 2. The zero-order valence-electron chi connectivity index (χ0n) is 12.3. The summed E-state index contributed by atoms with van der Waals surface area (Å²) in [5.74, 6) is -0.724. The molecule has 1 aromatic carbocycles. The molecule has 0 unspecified atom stereocenters. The number of carbonyl (C=O) groups excluding carboxylic acids is 2. The van der Waals surface area contributed by atoms with Gasteiger partial charge < -0.3 is 10.2 Å². The molecule has 0 atom stereocenters. The first-order valence-electron chi connectivity index (χ1n) is 7.00. The quantitative estimate of drug-likeness (QED) is 0.923. The summed E-state index contributed by atoms with van der Waals surface area (Å²) in [5.41, 5.74) is 0.624. The highest BCUT2D eigenvalue weighted by Crippen LogP contribution is 2.30. The van der Waals surface area contributed by atoms with Crippen LogP contribution in [0.3, 0.4) is 0 Å². The van der Waals surface area contributed by atoms with Gasteiger partial charge in [-0.3, -0.25) is 14.3 Å². The molecule has 8 heteroatoms. The first kappa shape index (κ1) is 15.1. The van der Waals surface area contributed by atoms with Crippen LogP contribution in [0.5, 0.6) is 0 Å². The number of para-hydroxylation sites is 2. The lowest BCUT2D eigenvalue weighted by Gasteiger charge is -2.20. The van der Waals surface area contributed by atoms with Crippen molar-refractivity contribution >= 4 is 23.2 Å². The van der Waals surface area contributed by atoms with Crippen LogP contribution < -0.4 is 10.2 Å². The molecule has 0 aliphatic carbocycles. The van der Waals surface area contributed by atoms with Crippen molar-refractivity contribution < 1.29 is 18.4 Å². The Bertz CT molecular complexity index is 773. The summed E-state index contributed by atoms with van der Waals surface area (Å²) in [5, 5.41) is 6.58. The summed E-state index contributed by atoms with van der Waals surface area (Å²) in [6.45, 7) is 0.155. The normalized spacial score (nSPS) is 14.4. The average molecular weight is 320 g/mol. The second-order valence-corrected chi connectivity index (χ2v) is 5.15. The van der Waals surface area contributed by atoms with Gasteiger partial charge in [-0.15, -0.1) is 0 Å². The zero-order chi connectivity index (χ0) is 16.6. The number of amides is 2. The third-order valence-corrected chi connectivity index (χ3v) is 3.64. The van der Waals surface area contributed by atoms with E-state index in [1.165, 1.54) is 11.9 Å². The minimum Gasteiger partial charge on any atom is -0.324 e. The van der Waals surface area contributed by atoms with Crippen LogP contribution in [-0.4, -0.2) is 28.1 Å². The van der Waals surface area contributed by atoms with E-state index in [0.29, 0.717) is 11.4 Å². The number of alkyl halides is 2. The van der Waals surface area contributed by atoms with E-state index >= 15 is 0 Å². The van der Waals surface area contributed by atoms with Crippen LogP contribution in [0.1, 0.15) is 29.0 Å². The lowest BCUT2D eigenvalue weighted by atomic mass is 10.2. The predicted octanol–water partition coefficient (Wildman–Crippen LogP) is 2.35. The third-order valence-electron chi connectivity index (χ3n) is 3.64. The number of hydrogen-bond acceptors (Lipinski definition) is 3. The number of benzene rings is 1. The Morgan fingerprint density at radius 3 is 2.78 bits per heavy atom. The fourth-order valence-corrected chi connectivity index (χ4v) is 2.50. The molecule has 2 aromatic rings. The molecule has 6 nitrogen and oxygen atoms in total. The molecule has 1 aliphatic heterocycles. The summed E-state index contributed by atoms with van der Waals surface area (Å²) in [7, 11) is 1.36. The SMILES string of the molecule is Cn1nc(C(=O)N2CCC(=O)Nc3ccccc32)cc1C(F)F. The Morgan fingerprint density at radius 1 is 1.35 bits per heavy atom. The van der Waals surface area contributed by atoms with Crippen molar-refractivity contribution in [3.63, 3.8) is 0 Å². The monoisotopic (exact) mass is 320 g/mol. The highest BCUT2D eigenvalue weighted by Gasteiger charge is 2.27. The van der Waals surface area contributed by atoms with Gasteiger partial charge in [0.2, 0.25) is 5.91 Å². The molecule has 23 heavy (non-hydrogen) atoms. The Balaban J connectivity index is 1.99. The third kappa shape index (κ3) is 2.79. The topological polar surface area (TPSA) is 67.2 Å². The van der Waals surface area contributed by atoms with Gasteiger partial charge in [0.05, 0.1) is 11.4 Å². The van der Waals surface area contributed by atoms with Crippen molar-refractivity contribution in [3.05, 3.63) is 41.7 Å². The number of halogens is 2. The van der Waals surface area contributed by atoms with E-state index in [1.807, 2.05) is 0 Å². The first-order valence-corrected chi connectivity index (χ1v) is 7.00. The van der Waals surface area contributed by atoms with Gasteiger partial charge in [0.1, 0.15) is 5.69 Å². The summed E-state index contributed by atoms with van der Waals surface area (Å²) >= 11 is 0. The van der Waals surface area contributed by atoms with E-state index in [1.54, 1.807) is 24.3 Å². The molecular formula is C15H14F2N4O2.